The van der Waals surface area contributed by atoms with Crippen LogP contribution >= 0.6 is 0 Å². The van der Waals surface area contributed by atoms with Gasteiger partial charge in [-0.2, -0.15) is 0 Å². The highest BCUT2D eigenvalue weighted by Gasteiger charge is 2.51. The summed E-state index contributed by atoms with van der Waals surface area (Å²) in [5, 5.41) is 9.04. The molecule has 92 valence electrons. The van der Waals surface area contributed by atoms with Crippen molar-refractivity contribution < 1.29 is 19.4 Å². The Labute approximate surface area is 96.2 Å². The number of ether oxygens (including phenoxy) is 2. The van der Waals surface area contributed by atoms with Gasteiger partial charge >= 0.3 is 5.97 Å². The lowest BCUT2D eigenvalue weighted by molar-refractivity contribution is -0.151. The van der Waals surface area contributed by atoms with Crippen LogP contribution in [-0.4, -0.2) is 35.0 Å². The summed E-state index contributed by atoms with van der Waals surface area (Å²) in [5.74, 6) is -0.316. The van der Waals surface area contributed by atoms with Gasteiger partial charge in [-0.1, -0.05) is 6.58 Å². The minimum Gasteiger partial charge on any atom is -0.455 e. The van der Waals surface area contributed by atoms with E-state index in [1.807, 2.05) is 13.8 Å². The first-order chi connectivity index (χ1) is 7.35. The lowest BCUT2D eigenvalue weighted by Gasteiger charge is -2.25. The number of epoxide rings is 1. The summed E-state index contributed by atoms with van der Waals surface area (Å²) in [6.45, 7) is 8.77. The molecule has 1 rings (SSSR count). The molecular formula is C12H20O4. The van der Waals surface area contributed by atoms with Crippen LogP contribution in [0.5, 0.6) is 0 Å². The second-order valence-corrected chi connectivity index (χ2v) is 4.73. The van der Waals surface area contributed by atoms with E-state index in [9.17, 15) is 4.79 Å². The fourth-order valence-electron chi connectivity index (χ4n) is 1.74. The number of carbonyl (C=O) groups excluding carboxylic acids is 1. The van der Waals surface area contributed by atoms with E-state index in [2.05, 4.69) is 6.58 Å². The molecule has 4 nitrogen and oxygen atoms in total. The molecule has 0 aromatic rings. The van der Waals surface area contributed by atoms with Gasteiger partial charge in [0.25, 0.3) is 0 Å². The third kappa shape index (κ3) is 3.06. The SMILES string of the molecule is C=C[C@](C)(CC[C@@H]1O[C@@]1(C)CO)OC(C)=O. The summed E-state index contributed by atoms with van der Waals surface area (Å²) in [5.41, 5.74) is -1.05. The molecule has 1 heterocycles. The van der Waals surface area contributed by atoms with E-state index < -0.39 is 11.2 Å². The summed E-state index contributed by atoms with van der Waals surface area (Å²) in [6, 6.07) is 0. The molecule has 0 unspecified atom stereocenters. The normalized spacial score (nSPS) is 31.6. The van der Waals surface area contributed by atoms with Crippen molar-refractivity contribution >= 4 is 5.97 Å². The first-order valence-electron chi connectivity index (χ1n) is 5.47. The highest BCUT2D eigenvalue weighted by molar-refractivity contribution is 5.66. The van der Waals surface area contributed by atoms with Crippen molar-refractivity contribution in [2.24, 2.45) is 0 Å². The first kappa shape index (κ1) is 13.2. The van der Waals surface area contributed by atoms with Crippen LogP contribution < -0.4 is 0 Å². The average Bonchev–Trinajstić information content (AvgIpc) is 2.87. The Morgan fingerprint density at radius 3 is 2.75 bits per heavy atom. The minimum absolute atomic E-state index is 0.0238. The molecule has 0 aromatic heterocycles. The Morgan fingerprint density at radius 2 is 2.38 bits per heavy atom. The van der Waals surface area contributed by atoms with Crippen molar-refractivity contribution in [2.75, 3.05) is 6.61 Å². The fourth-order valence-corrected chi connectivity index (χ4v) is 1.74. The molecular weight excluding hydrogens is 208 g/mol. The Bertz CT molecular complexity index is 289. The smallest absolute Gasteiger partial charge is 0.303 e. The number of hydrogen-bond acceptors (Lipinski definition) is 4. The first-order valence-corrected chi connectivity index (χ1v) is 5.47. The van der Waals surface area contributed by atoms with E-state index >= 15 is 0 Å². The molecule has 0 aromatic carbocycles. The second kappa shape index (κ2) is 4.55. The monoisotopic (exact) mass is 228 g/mol. The number of aliphatic hydroxyl groups excluding tert-OH is 1. The predicted molar refractivity (Wildman–Crippen MR) is 60.0 cm³/mol. The third-order valence-corrected chi connectivity index (χ3v) is 3.06. The van der Waals surface area contributed by atoms with Gasteiger partial charge in [0.05, 0.1) is 12.7 Å². The molecule has 1 aliphatic rings. The maximum Gasteiger partial charge on any atom is 0.303 e. The Balaban J connectivity index is 2.41. The molecule has 1 N–H and O–H groups in total. The molecule has 1 fully saturated rings. The van der Waals surface area contributed by atoms with Gasteiger partial charge in [0, 0.05) is 6.92 Å². The molecule has 1 aliphatic heterocycles. The summed E-state index contributed by atoms with van der Waals surface area (Å²) in [6.07, 6.45) is 3.07. The van der Waals surface area contributed by atoms with E-state index in [4.69, 9.17) is 14.6 Å². The highest BCUT2D eigenvalue weighted by atomic mass is 16.6. The van der Waals surface area contributed by atoms with Crippen molar-refractivity contribution in [1.29, 1.82) is 0 Å². The summed E-state index contributed by atoms with van der Waals surface area (Å²) >= 11 is 0. The summed E-state index contributed by atoms with van der Waals surface area (Å²) in [7, 11) is 0. The lowest BCUT2D eigenvalue weighted by Crippen LogP contribution is -2.29. The number of carbonyl (C=O) groups is 1. The highest BCUT2D eigenvalue weighted by Crippen LogP contribution is 2.40. The lowest BCUT2D eigenvalue weighted by atomic mass is 9.95. The van der Waals surface area contributed by atoms with E-state index in [1.54, 1.807) is 6.08 Å². The molecule has 0 radical (unpaired) electrons. The van der Waals surface area contributed by atoms with Gasteiger partial charge in [0.15, 0.2) is 0 Å². The quantitative estimate of drug-likeness (QED) is 0.424. The zero-order chi connectivity index (χ0) is 12.4. The Kier molecular flexibility index (Phi) is 3.76. The van der Waals surface area contributed by atoms with Crippen LogP contribution in [0.3, 0.4) is 0 Å². The van der Waals surface area contributed by atoms with E-state index in [1.165, 1.54) is 6.92 Å². The second-order valence-electron chi connectivity index (χ2n) is 4.73. The molecule has 4 heteroatoms. The van der Waals surface area contributed by atoms with Crippen LogP contribution in [0.25, 0.3) is 0 Å². The van der Waals surface area contributed by atoms with Gasteiger partial charge < -0.3 is 14.6 Å². The average molecular weight is 228 g/mol. The maximum atomic E-state index is 10.9. The number of esters is 1. The predicted octanol–water partition coefficient (Wildman–Crippen LogP) is 1.42. The maximum absolute atomic E-state index is 10.9. The fraction of sp³-hybridized carbons (Fsp3) is 0.750. The van der Waals surface area contributed by atoms with Crippen molar-refractivity contribution in [3.63, 3.8) is 0 Å². The third-order valence-electron chi connectivity index (χ3n) is 3.06. The number of rotatable bonds is 6. The standard InChI is InChI=1S/C12H20O4/c1-5-11(3,15-9(2)14)7-6-10-12(4,8-13)16-10/h5,10,13H,1,6-8H2,2-4H3/t10-,11+,12-/m0/s1. The Hall–Kier alpha value is -0.870. The van der Waals surface area contributed by atoms with Crippen molar-refractivity contribution in [3.8, 4) is 0 Å². The van der Waals surface area contributed by atoms with Crippen LogP contribution in [-0.2, 0) is 14.3 Å². The van der Waals surface area contributed by atoms with Crippen molar-refractivity contribution in [2.45, 2.75) is 50.9 Å². The molecule has 16 heavy (non-hydrogen) atoms. The van der Waals surface area contributed by atoms with Gasteiger partial charge in [0.1, 0.15) is 11.2 Å². The van der Waals surface area contributed by atoms with Crippen LogP contribution in [0.4, 0.5) is 0 Å². The molecule has 0 spiro atoms. The van der Waals surface area contributed by atoms with Crippen LogP contribution in [0.2, 0.25) is 0 Å². The zero-order valence-electron chi connectivity index (χ0n) is 10.2. The summed E-state index contributed by atoms with van der Waals surface area (Å²) < 4.78 is 10.6. The molecule has 0 bridgehead atoms. The van der Waals surface area contributed by atoms with E-state index in [0.717, 1.165) is 6.42 Å². The van der Waals surface area contributed by atoms with Crippen LogP contribution in [0, 0.1) is 0 Å². The van der Waals surface area contributed by atoms with Gasteiger partial charge in [-0.15, -0.1) is 0 Å². The van der Waals surface area contributed by atoms with Crippen LogP contribution in [0.15, 0.2) is 12.7 Å². The largest absolute Gasteiger partial charge is 0.455 e. The van der Waals surface area contributed by atoms with E-state index in [0.29, 0.717) is 6.42 Å². The molecule has 3 atom stereocenters. The van der Waals surface area contributed by atoms with Crippen LogP contribution in [0.1, 0.15) is 33.6 Å². The van der Waals surface area contributed by atoms with Gasteiger partial charge in [-0.3, -0.25) is 4.79 Å². The van der Waals surface area contributed by atoms with Gasteiger partial charge in [-0.05, 0) is 32.8 Å². The molecule has 0 aliphatic carbocycles. The Morgan fingerprint density at radius 1 is 1.75 bits per heavy atom. The van der Waals surface area contributed by atoms with Crippen molar-refractivity contribution in [1.82, 2.24) is 0 Å². The molecule has 1 saturated heterocycles. The molecule has 0 saturated carbocycles. The number of hydrogen-bond donors (Lipinski definition) is 1. The van der Waals surface area contributed by atoms with Gasteiger partial charge in [-0.25, -0.2) is 0 Å². The van der Waals surface area contributed by atoms with E-state index in [-0.39, 0.29) is 18.7 Å². The topological polar surface area (TPSA) is 59.1 Å². The minimum atomic E-state index is -0.645. The van der Waals surface area contributed by atoms with Gasteiger partial charge in [0.2, 0.25) is 0 Å². The number of aliphatic hydroxyl groups is 1. The van der Waals surface area contributed by atoms with Crippen molar-refractivity contribution in [3.05, 3.63) is 12.7 Å². The molecule has 0 amide bonds. The zero-order valence-corrected chi connectivity index (χ0v) is 10.2. The summed E-state index contributed by atoms with van der Waals surface area (Å²) in [4.78, 5) is 10.9.